The van der Waals surface area contributed by atoms with E-state index < -0.39 is 24.2 Å². The zero-order chi connectivity index (χ0) is 26.2. The number of alkyl halides is 3. The zero-order valence-corrected chi connectivity index (χ0v) is 20.3. The molecule has 5 rings (SSSR count). The average molecular weight is 515 g/mol. The molecule has 0 radical (unpaired) electrons. The average Bonchev–Trinajstić information content (AvgIpc) is 3.18. The second kappa shape index (κ2) is 10.3. The molecule has 2 fully saturated rings. The fourth-order valence-electron chi connectivity index (χ4n) is 5.65. The van der Waals surface area contributed by atoms with Crippen LogP contribution < -0.4 is 10.6 Å². The molecule has 3 aliphatic heterocycles. The van der Waals surface area contributed by atoms with Gasteiger partial charge < -0.3 is 10.2 Å². The van der Waals surface area contributed by atoms with Crippen LogP contribution in [0.15, 0.2) is 48.5 Å². The lowest BCUT2D eigenvalue weighted by atomic mass is 9.98. The number of likely N-dealkylation sites (tertiary alicyclic amines) is 1. The molecule has 2 unspecified atom stereocenters. The van der Waals surface area contributed by atoms with Crippen molar-refractivity contribution in [2.24, 2.45) is 0 Å². The van der Waals surface area contributed by atoms with E-state index in [0.717, 1.165) is 17.5 Å². The van der Waals surface area contributed by atoms with Crippen molar-refractivity contribution in [3.8, 4) is 0 Å². The van der Waals surface area contributed by atoms with Crippen molar-refractivity contribution in [2.45, 2.75) is 63.1 Å². The maximum Gasteiger partial charge on any atom is 0.408 e. The number of fused-ring (bicyclic) bond motifs is 1. The summed E-state index contributed by atoms with van der Waals surface area (Å²) >= 11 is 0. The van der Waals surface area contributed by atoms with Gasteiger partial charge in [0, 0.05) is 37.7 Å². The molecule has 0 bridgehead atoms. The largest absolute Gasteiger partial charge is 0.408 e. The molecule has 2 N–H and O–H groups in total. The highest BCUT2D eigenvalue weighted by Crippen LogP contribution is 2.39. The highest BCUT2D eigenvalue weighted by atomic mass is 19.4. The van der Waals surface area contributed by atoms with Crippen LogP contribution in [0.4, 0.5) is 13.2 Å². The van der Waals surface area contributed by atoms with Crippen molar-refractivity contribution in [1.82, 2.24) is 20.4 Å². The first-order valence-corrected chi connectivity index (χ1v) is 12.6. The molecule has 3 amide bonds. The maximum absolute atomic E-state index is 14.0. The zero-order valence-electron chi connectivity index (χ0n) is 20.3. The molecule has 10 heteroatoms. The third-order valence-corrected chi connectivity index (χ3v) is 7.43. The molecule has 2 aromatic rings. The van der Waals surface area contributed by atoms with Gasteiger partial charge in [-0.1, -0.05) is 42.5 Å². The van der Waals surface area contributed by atoms with Crippen LogP contribution in [0.25, 0.3) is 0 Å². The van der Waals surface area contributed by atoms with E-state index in [1.54, 1.807) is 24.3 Å². The predicted molar refractivity (Wildman–Crippen MR) is 129 cm³/mol. The molecule has 3 atom stereocenters. The normalized spacial score (nSPS) is 23.6. The first-order chi connectivity index (χ1) is 17.7. The molecule has 0 saturated carbocycles. The number of nitrogens with one attached hydrogen (secondary N) is 2. The molecule has 3 aliphatic rings. The Morgan fingerprint density at radius 2 is 1.84 bits per heavy atom. The molecule has 7 nitrogen and oxygen atoms in total. The lowest BCUT2D eigenvalue weighted by Crippen LogP contribution is -2.52. The van der Waals surface area contributed by atoms with E-state index in [4.69, 9.17) is 0 Å². The monoisotopic (exact) mass is 514 g/mol. The Bertz CT molecular complexity index is 1190. The topological polar surface area (TPSA) is 81.8 Å². The Labute approximate surface area is 213 Å². The summed E-state index contributed by atoms with van der Waals surface area (Å²) in [6, 6.07) is 11.1. The first kappa shape index (κ1) is 25.4. The Morgan fingerprint density at radius 1 is 1.05 bits per heavy atom. The molecule has 0 aliphatic carbocycles. The summed E-state index contributed by atoms with van der Waals surface area (Å²) < 4.78 is 42.0. The number of hydrogen-bond acceptors (Lipinski definition) is 5. The summed E-state index contributed by atoms with van der Waals surface area (Å²) in [6.45, 7) is 1.41. The standard InChI is InChI=1S/C27H29F3N4O3/c28-27(29,30)24(18-5-2-1-3-6-18)33-12-4-7-20(16-33)31-14-17-8-9-21-19(13-17)15-34(26(21)37)22-10-11-23(35)32-25(22)36/h1-3,5-6,8-9,13,20,22,24,31H,4,7,10-12,14-16H2,(H,32,35,36)/t20-,22?,24?/m1/s1. The van der Waals surface area contributed by atoms with Crippen molar-refractivity contribution >= 4 is 17.7 Å². The number of rotatable bonds is 6. The van der Waals surface area contributed by atoms with E-state index >= 15 is 0 Å². The summed E-state index contributed by atoms with van der Waals surface area (Å²) in [5, 5.41) is 5.70. The lowest BCUT2D eigenvalue weighted by molar-refractivity contribution is -0.189. The number of nitrogens with zero attached hydrogens (tertiary/aromatic N) is 2. The van der Waals surface area contributed by atoms with Gasteiger partial charge in [0.15, 0.2) is 0 Å². The number of hydrogen-bond donors (Lipinski definition) is 2. The van der Waals surface area contributed by atoms with Gasteiger partial charge in [0.2, 0.25) is 11.8 Å². The lowest BCUT2D eigenvalue weighted by Gasteiger charge is -2.39. The number of imide groups is 1. The van der Waals surface area contributed by atoms with Crippen LogP contribution in [0.1, 0.15) is 58.8 Å². The minimum Gasteiger partial charge on any atom is -0.322 e. The summed E-state index contributed by atoms with van der Waals surface area (Å²) in [7, 11) is 0. The fourth-order valence-corrected chi connectivity index (χ4v) is 5.65. The third-order valence-electron chi connectivity index (χ3n) is 7.43. The number of carbonyl (C=O) groups is 3. The Balaban J connectivity index is 1.22. The highest BCUT2D eigenvalue weighted by molar-refractivity contribution is 6.05. The van der Waals surface area contributed by atoms with E-state index in [2.05, 4.69) is 10.6 Å². The highest BCUT2D eigenvalue weighted by Gasteiger charge is 2.45. The van der Waals surface area contributed by atoms with Gasteiger partial charge in [0.05, 0.1) is 0 Å². The van der Waals surface area contributed by atoms with Crippen molar-refractivity contribution < 1.29 is 27.6 Å². The summed E-state index contributed by atoms with van der Waals surface area (Å²) in [4.78, 5) is 39.6. The van der Waals surface area contributed by atoms with E-state index in [9.17, 15) is 27.6 Å². The minimum absolute atomic E-state index is 0.0998. The van der Waals surface area contributed by atoms with Crippen LogP contribution >= 0.6 is 0 Å². The summed E-state index contributed by atoms with van der Waals surface area (Å²) in [6.07, 6.45) is -2.42. The number of benzene rings is 2. The molecule has 3 heterocycles. The van der Waals surface area contributed by atoms with Gasteiger partial charge in [-0.15, -0.1) is 0 Å². The van der Waals surface area contributed by atoms with Crippen LogP contribution in [0.2, 0.25) is 0 Å². The van der Waals surface area contributed by atoms with Crippen molar-refractivity contribution in [1.29, 1.82) is 0 Å². The molecule has 2 saturated heterocycles. The van der Waals surface area contributed by atoms with Crippen LogP contribution in [-0.2, 0) is 22.7 Å². The Hall–Kier alpha value is -3.24. The van der Waals surface area contributed by atoms with Crippen LogP contribution in [0, 0.1) is 0 Å². The Kier molecular flexibility index (Phi) is 7.04. The van der Waals surface area contributed by atoms with Gasteiger partial charge in [-0.05, 0) is 48.6 Å². The van der Waals surface area contributed by atoms with Gasteiger partial charge in [-0.25, -0.2) is 0 Å². The number of piperidine rings is 2. The van der Waals surface area contributed by atoms with E-state index in [1.807, 2.05) is 12.1 Å². The van der Waals surface area contributed by atoms with E-state index in [0.29, 0.717) is 31.5 Å². The first-order valence-electron chi connectivity index (χ1n) is 12.6. The van der Waals surface area contributed by atoms with Gasteiger partial charge in [0.25, 0.3) is 5.91 Å². The molecule has 196 valence electrons. The van der Waals surface area contributed by atoms with E-state index in [1.165, 1.54) is 21.9 Å². The van der Waals surface area contributed by atoms with Crippen LogP contribution in [-0.4, -0.2) is 58.9 Å². The molecular formula is C27H29F3N4O3. The fraction of sp³-hybridized carbons (Fsp3) is 0.444. The molecule has 0 aromatic heterocycles. The molecule has 37 heavy (non-hydrogen) atoms. The van der Waals surface area contributed by atoms with Crippen molar-refractivity contribution in [3.05, 3.63) is 70.8 Å². The molecular weight excluding hydrogens is 485 g/mol. The third kappa shape index (κ3) is 5.40. The van der Waals surface area contributed by atoms with Gasteiger partial charge >= 0.3 is 6.18 Å². The molecule has 2 aromatic carbocycles. The molecule has 0 spiro atoms. The SMILES string of the molecule is O=C1CCC(N2Cc3cc(CN[C@@H]4CCCN(C(c5ccccc5)C(F)(F)F)C4)ccc3C2=O)C(=O)N1. The van der Waals surface area contributed by atoms with Crippen molar-refractivity contribution in [2.75, 3.05) is 13.1 Å². The summed E-state index contributed by atoms with van der Waals surface area (Å²) in [5.74, 6) is -1.01. The quantitative estimate of drug-likeness (QED) is 0.579. The van der Waals surface area contributed by atoms with Crippen LogP contribution in [0.3, 0.4) is 0 Å². The summed E-state index contributed by atoms with van der Waals surface area (Å²) in [5.41, 5.74) is 2.51. The van der Waals surface area contributed by atoms with Gasteiger partial charge in [0.1, 0.15) is 12.1 Å². The maximum atomic E-state index is 14.0. The number of amides is 3. The van der Waals surface area contributed by atoms with Gasteiger partial charge in [-0.3, -0.25) is 24.6 Å². The van der Waals surface area contributed by atoms with Crippen LogP contribution in [0.5, 0.6) is 0 Å². The second-order valence-corrected chi connectivity index (χ2v) is 9.96. The Morgan fingerprint density at radius 3 is 2.57 bits per heavy atom. The second-order valence-electron chi connectivity index (χ2n) is 9.96. The van der Waals surface area contributed by atoms with Crippen molar-refractivity contribution in [3.63, 3.8) is 0 Å². The number of carbonyl (C=O) groups excluding carboxylic acids is 3. The smallest absolute Gasteiger partial charge is 0.322 e. The minimum atomic E-state index is -4.37. The predicted octanol–water partition coefficient (Wildman–Crippen LogP) is 3.31. The van der Waals surface area contributed by atoms with Gasteiger partial charge in [-0.2, -0.15) is 13.2 Å². The number of halogens is 3. The van der Waals surface area contributed by atoms with E-state index in [-0.39, 0.29) is 42.9 Å².